The first-order chi connectivity index (χ1) is 8.45. The molecular weight excluding hydrogens is 250 g/mol. The van der Waals surface area contributed by atoms with Crippen LogP contribution in [0, 0.1) is 12.8 Å². The van der Waals surface area contributed by atoms with Gasteiger partial charge in [-0.25, -0.2) is 4.98 Å². The minimum atomic E-state index is -0.125. The Kier molecular flexibility index (Phi) is 5.55. The highest BCUT2D eigenvalue weighted by Crippen LogP contribution is 2.19. The number of hydrogen-bond donors (Lipinski definition) is 2. The minimum absolute atomic E-state index is 0.000162. The van der Waals surface area contributed by atoms with Crippen molar-refractivity contribution < 1.29 is 9.53 Å². The number of hydrogen-bond acceptors (Lipinski definition) is 5. The quantitative estimate of drug-likeness (QED) is 0.827. The molecule has 1 amide bonds. The molecule has 5 nitrogen and oxygen atoms in total. The Morgan fingerprint density at radius 3 is 2.67 bits per heavy atom. The van der Waals surface area contributed by atoms with Crippen molar-refractivity contribution in [2.75, 3.05) is 18.9 Å². The van der Waals surface area contributed by atoms with Gasteiger partial charge in [0.2, 0.25) is 0 Å². The summed E-state index contributed by atoms with van der Waals surface area (Å²) in [4.78, 5) is 16.7. The van der Waals surface area contributed by atoms with E-state index in [9.17, 15) is 4.79 Å². The number of thiazole rings is 1. The molecule has 1 rings (SSSR count). The molecule has 0 saturated heterocycles. The highest BCUT2D eigenvalue weighted by Gasteiger charge is 2.20. The molecule has 102 valence electrons. The van der Waals surface area contributed by atoms with Gasteiger partial charge in [-0.1, -0.05) is 25.2 Å². The van der Waals surface area contributed by atoms with Crippen LogP contribution in [0.25, 0.3) is 0 Å². The van der Waals surface area contributed by atoms with Crippen molar-refractivity contribution in [1.29, 1.82) is 0 Å². The fourth-order valence-electron chi connectivity index (χ4n) is 1.51. The van der Waals surface area contributed by atoms with Crippen LogP contribution >= 0.6 is 11.3 Å². The van der Waals surface area contributed by atoms with Gasteiger partial charge in [0.15, 0.2) is 5.13 Å². The lowest BCUT2D eigenvalue weighted by atomic mass is 10.1. The summed E-state index contributed by atoms with van der Waals surface area (Å²) in [5.41, 5.74) is 6.27. The van der Waals surface area contributed by atoms with Gasteiger partial charge in [-0.05, 0) is 19.8 Å². The number of aromatic nitrogens is 1. The zero-order valence-corrected chi connectivity index (χ0v) is 12.1. The molecule has 0 spiro atoms. The molecule has 0 bridgehead atoms. The molecule has 6 heteroatoms. The molecule has 0 fully saturated rings. The molecule has 0 aliphatic carbocycles. The van der Waals surface area contributed by atoms with Crippen molar-refractivity contribution in [2.45, 2.75) is 33.7 Å². The van der Waals surface area contributed by atoms with Crippen molar-refractivity contribution in [1.82, 2.24) is 10.3 Å². The summed E-state index contributed by atoms with van der Waals surface area (Å²) in [6.45, 7) is 9.00. The summed E-state index contributed by atoms with van der Waals surface area (Å²) in [5, 5.41) is 3.39. The zero-order chi connectivity index (χ0) is 13.7. The second-order valence-electron chi connectivity index (χ2n) is 4.45. The van der Waals surface area contributed by atoms with Crippen LogP contribution in [0.2, 0.25) is 0 Å². The van der Waals surface area contributed by atoms with Crippen LogP contribution in [0.3, 0.4) is 0 Å². The Hall–Kier alpha value is -1.14. The molecule has 1 aromatic heterocycles. The molecule has 0 aromatic carbocycles. The molecule has 0 aliphatic heterocycles. The summed E-state index contributed by atoms with van der Waals surface area (Å²) in [7, 11) is 0. The maximum atomic E-state index is 12.1. The second-order valence-corrected chi connectivity index (χ2v) is 5.48. The third-order valence-corrected chi connectivity index (χ3v) is 3.63. The number of carbonyl (C=O) groups excluding carboxylic acids is 1. The van der Waals surface area contributed by atoms with Gasteiger partial charge in [-0.15, -0.1) is 0 Å². The summed E-state index contributed by atoms with van der Waals surface area (Å²) >= 11 is 1.21. The number of nitrogen functional groups attached to an aromatic ring is 1. The van der Waals surface area contributed by atoms with E-state index in [0.29, 0.717) is 34.8 Å². The van der Waals surface area contributed by atoms with Crippen LogP contribution in [0.5, 0.6) is 0 Å². The lowest BCUT2D eigenvalue weighted by Gasteiger charge is -2.21. The molecule has 1 aromatic rings. The fraction of sp³-hybridized carbons (Fsp3) is 0.667. The van der Waals surface area contributed by atoms with Crippen molar-refractivity contribution in [3.8, 4) is 0 Å². The van der Waals surface area contributed by atoms with E-state index in [4.69, 9.17) is 10.5 Å². The number of ether oxygens (including phenoxy) is 1. The van der Waals surface area contributed by atoms with Gasteiger partial charge in [0.05, 0.1) is 18.3 Å². The summed E-state index contributed by atoms with van der Waals surface area (Å²) in [6, 6.07) is 0.000162. The maximum absolute atomic E-state index is 12.1. The van der Waals surface area contributed by atoms with Gasteiger partial charge in [0.25, 0.3) is 5.91 Å². The molecule has 18 heavy (non-hydrogen) atoms. The number of carbonyl (C=O) groups is 1. The molecule has 0 aliphatic rings. The van der Waals surface area contributed by atoms with Gasteiger partial charge in [-0.3, -0.25) is 4.79 Å². The normalized spacial score (nSPS) is 12.7. The predicted octanol–water partition coefficient (Wildman–Crippen LogP) is 1.82. The molecule has 1 atom stereocenters. The monoisotopic (exact) mass is 271 g/mol. The van der Waals surface area contributed by atoms with Gasteiger partial charge in [0.1, 0.15) is 4.88 Å². The fourth-order valence-corrected chi connectivity index (χ4v) is 2.24. The number of amides is 1. The lowest BCUT2D eigenvalue weighted by molar-refractivity contribution is 0.0809. The lowest BCUT2D eigenvalue weighted by Crippen LogP contribution is -2.41. The third kappa shape index (κ3) is 3.96. The van der Waals surface area contributed by atoms with Crippen LogP contribution < -0.4 is 11.1 Å². The standard InChI is InChI=1S/C12H21N3O2S/c1-5-17-6-9(7(2)3)15-11(16)10-8(4)14-12(13)18-10/h7,9H,5-6H2,1-4H3,(H2,13,14)(H,15,16). The molecule has 1 unspecified atom stereocenters. The van der Waals surface area contributed by atoms with E-state index in [0.717, 1.165) is 0 Å². The smallest absolute Gasteiger partial charge is 0.263 e. The Morgan fingerprint density at radius 2 is 2.22 bits per heavy atom. The number of nitrogens with one attached hydrogen (secondary N) is 1. The highest BCUT2D eigenvalue weighted by atomic mass is 32.1. The maximum Gasteiger partial charge on any atom is 0.263 e. The SMILES string of the molecule is CCOCC(NC(=O)c1sc(N)nc1C)C(C)C. The Labute approximate surface area is 112 Å². The summed E-state index contributed by atoms with van der Waals surface area (Å²) in [5.74, 6) is 0.186. The topological polar surface area (TPSA) is 77.2 Å². The van der Waals surface area contributed by atoms with Crippen molar-refractivity contribution in [3.63, 3.8) is 0 Å². The van der Waals surface area contributed by atoms with Crippen LogP contribution in [-0.4, -0.2) is 30.1 Å². The number of aryl methyl sites for hydroxylation is 1. The first kappa shape index (κ1) is 14.9. The van der Waals surface area contributed by atoms with E-state index in [1.807, 2.05) is 6.92 Å². The van der Waals surface area contributed by atoms with E-state index >= 15 is 0 Å². The van der Waals surface area contributed by atoms with E-state index in [1.54, 1.807) is 6.92 Å². The van der Waals surface area contributed by atoms with Crippen LogP contribution in [0.15, 0.2) is 0 Å². The zero-order valence-electron chi connectivity index (χ0n) is 11.3. The number of anilines is 1. The Balaban J connectivity index is 2.69. The van der Waals surface area contributed by atoms with Gasteiger partial charge >= 0.3 is 0 Å². The Bertz CT molecular complexity index is 404. The van der Waals surface area contributed by atoms with Crippen LogP contribution in [0.1, 0.15) is 36.1 Å². The van der Waals surface area contributed by atoms with E-state index in [1.165, 1.54) is 11.3 Å². The molecule has 3 N–H and O–H groups in total. The van der Waals surface area contributed by atoms with Crippen molar-refractivity contribution >= 4 is 22.4 Å². The van der Waals surface area contributed by atoms with Crippen LogP contribution in [0.4, 0.5) is 5.13 Å². The minimum Gasteiger partial charge on any atom is -0.380 e. The van der Waals surface area contributed by atoms with Gasteiger partial charge < -0.3 is 15.8 Å². The molecule has 0 radical (unpaired) electrons. The van der Waals surface area contributed by atoms with Crippen molar-refractivity contribution in [2.24, 2.45) is 5.92 Å². The molecule has 1 heterocycles. The number of nitrogens with two attached hydrogens (primary N) is 1. The first-order valence-corrected chi connectivity index (χ1v) is 6.88. The van der Waals surface area contributed by atoms with E-state index < -0.39 is 0 Å². The number of rotatable bonds is 6. The highest BCUT2D eigenvalue weighted by molar-refractivity contribution is 7.17. The summed E-state index contributed by atoms with van der Waals surface area (Å²) < 4.78 is 5.38. The van der Waals surface area contributed by atoms with Crippen LogP contribution in [-0.2, 0) is 4.74 Å². The van der Waals surface area contributed by atoms with Crippen molar-refractivity contribution in [3.05, 3.63) is 10.6 Å². The Morgan fingerprint density at radius 1 is 1.56 bits per heavy atom. The third-order valence-electron chi connectivity index (χ3n) is 2.64. The molecular formula is C12H21N3O2S. The average Bonchev–Trinajstić information content (AvgIpc) is 2.63. The average molecular weight is 271 g/mol. The summed E-state index contributed by atoms with van der Waals surface area (Å²) in [6.07, 6.45) is 0. The largest absolute Gasteiger partial charge is 0.380 e. The predicted molar refractivity (Wildman–Crippen MR) is 73.8 cm³/mol. The molecule has 0 saturated carbocycles. The van der Waals surface area contributed by atoms with E-state index in [-0.39, 0.29) is 11.9 Å². The second kappa shape index (κ2) is 6.70. The first-order valence-electron chi connectivity index (χ1n) is 6.07. The van der Waals surface area contributed by atoms with Gasteiger partial charge in [-0.2, -0.15) is 0 Å². The number of nitrogens with zero attached hydrogens (tertiary/aromatic N) is 1. The van der Waals surface area contributed by atoms with Gasteiger partial charge in [0, 0.05) is 6.61 Å². The van der Waals surface area contributed by atoms with E-state index in [2.05, 4.69) is 24.1 Å².